The molecule has 0 spiro atoms. The fourth-order valence-corrected chi connectivity index (χ4v) is 5.88. The van der Waals surface area contributed by atoms with Gasteiger partial charge in [-0.2, -0.15) is 0 Å². The summed E-state index contributed by atoms with van der Waals surface area (Å²) in [5.41, 5.74) is 2.53. The van der Waals surface area contributed by atoms with Crippen LogP contribution in [0.15, 0.2) is 84.9 Å². The molecule has 0 saturated heterocycles. The van der Waals surface area contributed by atoms with E-state index in [4.69, 9.17) is 0 Å². The summed E-state index contributed by atoms with van der Waals surface area (Å²) in [5, 5.41) is 9.38. The molecular weight excluding hydrogens is 486 g/mol. The smallest absolute Gasteiger partial charge is 0.252 e. The molecule has 5 rings (SSSR count). The largest absolute Gasteiger partial charge is 0.352 e. The molecule has 3 N–H and O–H groups in total. The molecule has 1 saturated carbocycles. The highest BCUT2D eigenvalue weighted by Gasteiger charge is 2.44. The van der Waals surface area contributed by atoms with Gasteiger partial charge in [0, 0.05) is 24.4 Å². The first-order valence-electron chi connectivity index (χ1n) is 14.1. The number of benzene rings is 3. The van der Waals surface area contributed by atoms with Crippen LogP contribution in [-0.2, 0) is 28.9 Å². The van der Waals surface area contributed by atoms with Gasteiger partial charge in [-0.1, -0.05) is 92.1 Å². The third-order valence-electron chi connectivity index (χ3n) is 8.11. The van der Waals surface area contributed by atoms with E-state index in [-0.39, 0.29) is 23.8 Å². The number of fused-ring (bicyclic) bond motifs is 1. The molecule has 202 valence electrons. The van der Waals surface area contributed by atoms with E-state index in [0.717, 1.165) is 36.8 Å². The Morgan fingerprint density at radius 3 is 2.15 bits per heavy atom. The molecule has 2 atom stereocenters. The summed E-state index contributed by atoms with van der Waals surface area (Å²) in [6, 6.07) is 26.2. The Bertz CT molecular complexity index is 1290. The van der Waals surface area contributed by atoms with Gasteiger partial charge in [-0.15, -0.1) is 0 Å². The topological polar surface area (TPSA) is 87.3 Å². The number of hydrogen-bond donors (Lipinski definition) is 3. The molecule has 39 heavy (non-hydrogen) atoms. The minimum Gasteiger partial charge on any atom is -0.352 e. The van der Waals surface area contributed by atoms with Gasteiger partial charge < -0.3 is 16.0 Å². The first-order valence-corrected chi connectivity index (χ1v) is 14.1. The van der Waals surface area contributed by atoms with Crippen molar-refractivity contribution in [3.8, 4) is 0 Å². The molecule has 0 aliphatic heterocycles. The zero-order chi connectivity index (χ0) is 27.1. The van der Waals surface area contributed by atoms with E-state index in [0.29, 0.717) is 31.2 Å². The van der Waals surface area contributed by atoms with Crippen molar-refractivity contribution < 1.29 is 14.4 Å². The molecular formula is C33H37N3O3. The van der Waals surface area contributed by atoms with Gasteiger partial charge in [0.1, 0.15) is 11.6 Å². The first kappa shape index (κ1) is 26.7. The van der Waals surface area contributed by atoms with Gasteiger partial charge in [0.2, 0.25) is 11.8 Å². The van der Waals surface area contributed by atoms with Crippen molar-refractivity contribution in [2.24, 2.45) is 0 Å². The summed E-state index contributed by atoms with van der Waals surface area (Å²) in [5.74, 6) is -0.780. The van der Waals surface area contributed by atoms with Gasteiger partial charge in [0.15, 0.2) is 0 Å². The van der Waals surface area contributed by atoms with Gasteiger partial charge in [0.05, 0.1) is 0 Å². The Balaban J connectivity index is 1.41. The molecule has 0 bridgehead atoms. The number of rotatable bonds is 8. The van der Waals surface area contributed by atoms with E-state index >= 15 is 0 Å². The SMILES string of the molecule is O=C(N[C@]1(C(=O)N[C@@H](Cc2ccccc2)C(=O)NC2CCCCC2)CCc2ccccc2C1)c1ccccc1. The number of aryl methyl sites for hydroxylation is 1. The summed E-state index contributed by atoms with van der Waals surface area (Å²) in [6.07, 6.45) is 7.20. The average molecular weight is 524 g/mol. The maximum atomic E-state index is 14.2. The number of carbonyl (C=O) groups is 3. The van der Waals surface area contributed by atoms with Crippen LogP contribution in [0.1, 0.15) is 65.6 Å². The van der Waals surface area contributed by atoms with Crippen LogP contribution in [0.5, 0.6) is 0 Å². The molecule has 2 aliphatic rings. The fourth-order valence-electron chi connectivity index (χ4n) is 5.88. The summed E-state index contributed by atoms with van der Waals surface area (Å²) in [6.45, 7) is 0. The highest BCUT2D eigenvalue weighted by molar-refractivity contribution is 6.00. The summed E-state index contributed by atoms with van der Waals surface area (Å²) < 4.78 is 0. The van der Waals surface area contributed by atoms with Crippen LogP contribution in [0.4, 0.5) is 0 Å². The number of nitrogens with one attached hydrogen (secondary N) is 3. The molecule has 3 amide bonds. The predicted molar refractivity (Wildman–Crippen MR) is 152 cm³/mol. The van der Waals surface area contributed by atoms with Crippen LogP contribution in [0.25, 0.3) is 0 Å². The van der Waals surface area contributed by atoms with Crippen LogP contribution in [-0.4, -0.2) is 35.3 Å². The highest BCUT2D eigenvalue weighted by Crippen LogP contribution is 2.30. The highest BCUT2D eigenvalue weighted by atomic mass is 16.2. The van der Waals surface area contributed by atoms with Crippen molar-refractivity contribution in [2.45, 2.75) is 75.4 Å². The third-order valence-corrected chi connectivity index (χ3v) is 8.11. The molecule has 1 fully saturated rings. The van der Waals surface area contributed by atoms with Crippen LogP contribution >= 0.6 is 0 Å². The van der Waals surface area contributed by atoms with Gasteiger partial charge in [-0.05, 0) is 54.5 Å². The van der Waals surface area contributed by atoms with Gasteiger partial charge in [-0.25, -0.2) is 0 Å². The minimum atomic E-state index is -1.17. The Morgan fingerprint density at radius 2 is 1.44 bits per heavy atom. The Hall–Kier alpha value is -3.93. The lowest BCUT2D eigenvalue weighted by Gasteiger charge is -2.38. The van der Waals surface area contributed by atoms with Crippen molar-refractivity contribution in [1.29, 1.82) is 0 Å². The van der Waals surface area contributed by atoms with Crippen molar-refractivity contribution in [1.82, 2.24) is 16.0 Å². The quantitative estimate of drug-likeness (QED) is 0.406. The molecule has 0 unspecified atom stereocenters. The zero-order valence-corrected chi connectivity index (χ0v) is 22.3. The maximum absolute atomic E-state index is 14.2. The van der Waals surface area contributed by atoms with E-state index in [9.17, 15) is 14.4 Å². The number of carbonyl (C=O) groups excluding carboxylic acids is 3. The average Bonchev–Trinajstić information content (AvgIpc) is 2.98. The fraction of sp³-hybridized carbons (Fsp3) is 0.364. The van der Waals surface area contributed by atoms with Gasteiger partial charge >= 0.3 is 0 Å². The van der Waals surface area contributed by atoms with E-state index in [1.807, 2.05) is 66.7 Å². The lowest BCUT2D eigenvalue weighted by molar-refractivity contribution is -0.133. The number of hydrogen-bond acceptors (Lipinski definition) is 3. The molecule has 3 aromatic carbocycles. The summed E-state index contributed by atoms with van der Waals surface area (Å²) >= 11 is 0. The Morgan fingerprint density at radius 1 is 0.795 bits per heavy atom. The lowest BCUT2D eigenvalue weighted by Crippen LogP contribution is -2.64. The maximum Gasteiger partial charge on any atom is 0.252 e. The monoisotopic (exact) mass is 523 g/mol. The van der Waals surface area contributed by atoms with Crippen molar-refractivity contribution in [3.63, 3.8) is 0 Å². The van der Waals surface area contributed by atoms with Gasteiger partial charge in [0.25, 0.3) is 5.91 Å². The van der Waals surface area contributed by atoms with Crippen molar-refractivity contribution >= 4 is 17.7 Å². The van der Waals surface area contributed by atoms with Crippen LogP contribution in [0, 0.1) is 0 Å². The van der Waals surface area contributed by atoms with Crippen LogP contribution < -0.4 is 16.0 Å². The minimum absolute atomic E-state index is 0.134. The standard InChI is InChI=1S/C33H37N3O3/c37-30(26-15-6-2-7-16-26)36-33(21-20-25-14-10-11-17-27(25)23-33)32(39)35-29(22-24-12-4-1-5-13-24)31(38)34-28-18-8-3-9-19-28/h1-2,4-7,10-17,28-29H,3,8-9,18-23H2,(H,34,38)(H,35,39)(H,36,37)/t29-,33+/m0/s1. The summed E-state index contributed by atoms with van der Waals surface area (Å²) in [7, 11) is 0. The molecule has 3 aromatic rings. The molecule has 0 heterocycles. The third kappa shape index (κ3) is 6.56. The van der Waals surface area contributed by atoms with E-state index < -0.39 is 11.6 Å². The second-order valence-corrected chi connectivity index (χ2v) is 10.9. The van der Waals surface area contributed by atoms with Crippen molar-refractivity contribution in [2.75, 3.05) is 0 Å². The Labute approximate surface area is 230 Å². The Kier molecular flexibility index (Phi) is 8.40. The molecule has 0 radical (unpaired) electrons. The molecule has 0 aromatic heterocycles. The first-order chi connectivity index (χ1) is 19.0. The predicted octanol–water partition coefficient (Wildman–Crippen LogP) is 4.52. The van der Waals surface area contributed by atoms with Crippen LogP contribution in [0.2, 0.25) is 0 Å². The molecule has 6 heteroatoms. The van der Waals surface area contributed by atoms with Gasteiger partial charge in [-0.3, -0.25) is 14.4 Å². The lowest BCUT2D eigenvalue weighted by atomic mass is 9.76. The molecule has 6 nitrogen and oxygen atoms in total. The zero-order valence-electron chi connectivity index (χ0n) is 22.3. The second kappa shape index (κ2) is 12.3. The van der Waals surface area contributed by atoms with Crippen LogP contribution in [0.3, 0.4) is 0 Å². The van der Waals surface area contributed by atoms with E-state index in [2.05, 4.69) is 22.0 Å². The molecule has 2 aliphatic carbocycles. The second-order valence-electron chi connectivity index (χ2n) is 10.9. The van der Waals surface area contributed by atoms with E-state index in [1.54, 1.807) is 12.1 Å². The van der Waals surface area contributed by atoms with E-state index in [1.165, 1.54) is 12.0 Å². The summed E-state index contributed by atoms with van der Waals surface area (Å²) in [4.78, 5) is 41.1. The normalized spacial score (nSPS) is 19.8. The van der Waals surface area contributed by atoms with Crippen molar-refractivity contribution in [3.05, 3.63) is 107 Å². The number of amides is 3.